The van der Waals surface area contributed by atoms with Gasteiger partial charge in [-0.3, -0.25) is 9.48 Å². The Kier molecular flexibility index (Phi) is 4.26. The van der Waals surface area contributed by atoms with Crippen LogP contribution in [0.4, 0.5) is 0 Å². The summed E-state index contributed by atoms with van der Waals surface area (Å²) in [5.74, 6) is 0.106. The first-order chi connectivity index (χ1) is 10.5. The van der Waals surface area contributed by atoms with E-state index in [2.05, 4.69) is 15.4 Å². The van der Waals surface area contributed by atoms with Gasteiger partial charge in [-0.25, -0.2) is 4.98 Å². The van der Waals surface area contributed by atoms with E-state index in [-0.39, 0.29) is 17.9 Å². The van der Waals surface area contributed by atoms with E-state index in [9.17, 15) is 4.79 Å². The van der Waals surface area contributed by atoms with Gasteiger partial charge >= 0.3 is 0 Å². The smallest absolute Gasteiger partial charge is 0.255 e. The molecule has 22 heavy (non-hydrogen) atoms. The summed E-state index contributed by atoms with van der Waals surface area (Å²) in [5, 5.41) is 10.4. The maximum Gasteiger partial charge on any atom is 0.255 e. The Morgan fingerprint density at radius 3 is 3.05 bits per heavy atom. The van der Waals surface area contributed by atoms with Crippen LogP contribution in [0.15, 0.2) is 11.6 Å². The number of aromatic nitrogens is 3. The molecule has 2 aromatic heterocycles. The van der Waals surface area contributed by atoms with Crippen LogP contribution in [0, 0.1) is 6.92 Å². The molecule has 0 radical (unpaired) electrons. The van der Waals surface area contributed by atoms with Crippen molar-refractivity contribution in [3.63, 3.8) is 0 Å². The lowest BCUT2D eigenvalue weighted by molar-refractivity contribution is 0.0938. The summed E-state index contributed by atoms with van der Waals surface area (Å²) in [6, 6.07) is -0.112. The maximum absolute atomic E-state index is 12.6. The quantitative estimate of drug-likeness (QED) is 0.937. The predicted octanol–water partition coefficient (Wildman–Crippen LogP) is 2.18. The molecule has 6 nitrogen and oxygen atoms in total. The van der Waals surface area contributed by atoms with Crippen LogP contribution < -0.4 is 5.32 Å². The summed E-state index contributed by atoms with van der Waals surface area (Å²) in [6.07, 6.45) is 2.70. The molecule has 2 aromatic rings. The summed E-state index contributed by atoms with van der Waals surface area (Å²) in [6.45, 7) is 5.27. The number of ether oxygens (including phenoxy) is 1. The number of nitrogens with zero attached hydrogens (tertiary/aromatic N) is 3. The third-order valence-corrected chi connectivity index (χ3v) is 4.92. The molecule has 0 spiro atoms. The van der Waals surface area contributed by atoms with Crippen molar-refractivity contribution in [3.05, 3.63) is 33.5 Å². The molecule has 2 unspecified atom stereocenters. The summed E-state index contributed by atoms with van der Waals surface area (Å²) >= 11 is 1.56. The van der Waals surface area contributed by atoms with Crippen molar-refractivity contribution >= 4 is 17.2 Å². The van der Waals surface area contributed by atoms with Gasteiger partial charge in [0.15, 0.2) is 0 Å². The van der Waals surface area contributed by atoms with Crippen molar-refractivity contribution < 1.29 is 9.53 Å². The highest BCUT2D eigenvalue weighted by atomic mass is 32.1. The Labute approximate surface area is 133 Å². The van der Waals surface area contributed by atoms with Gasteiger partial charge in [0.25, 0.3) is 5.91 Å². The molecule has 1 N–H and O–H groups in total. The number of amides is 1. The van der Waals surface area contributed by atoms with Crippen LogP contribution in [0.2, 0.25) is 0 Å². The fourth-order valence-corrected chi connectivity index (χ4v) is 3.44. The minimum atomic E-state index is -0.112. The first-order valence-corrected chi connectivity index (χ1v) is 8.26. The SMILES string of the molecule is Cc1csc(C(C)NC(=O)c2cn(C)nc2C2CCOC2)n1. The second-order valence-corrected chi connectivity index (χ2v) is 6.57. The fraction of sp³-hybridized carbons (Fsp3) is 0.533. The maximum atomic E-state index is 12.6. The zero-order valence-corrected chi connectivity index (χ0v) is 13.8. The van der Waals surface area contributed by atoms with E-state index < -0.39 is 0 Å². The van der Waals surface area contributed by atoms with Gasteiger partial charge in [-0.1, -0.05) is 0 Å². The lowest BCUT2D eigenvalue weighted by Gasteiger charge is -2.12. The van der Waals surface area contributed by atoms with Gasteiger partial charge in [-0.05, 0) is 20.3 Å². The van der Waals surface area contributed by atoms with Crippen molar-refractivity contribution in [1.29, 1.82) is 0 Å². The molecule has 0 bridgehead atoms. The molecule has 0 aliphatic carbocycles. The Morgan fingerprint density at radius 1 is 1.59 bits per heavy atom. The van der Waals surface area contributed by atoms with E-state index >= 15 is 0 Å². The number of hydrogen-bond acceptors (Lipinski definition) is 5. The van der Waals surface area contributed by atoms with Gasteiger partial charge < -0.3 is 10.1 Å². The average Bonchev–Trinajstić information content (AvgIpc) is 3.17. The third-order valence-electron chi connectivity index (χ3n) is 3.77. The van der Waals surface area contributed by atoms with Gasteiger partial charge in [0.2, 0.25) is 0 Å². The number of carbonyl (C=O) groups is 1. The summed E-state index contributed by atoms with van der Waals surface area (Å²) in [7, 11) is 1.84. The molecule has 118 valence electrons. The normalized spacial score (nSPS) is 19.3. The van der Waals surface area contributed by atoms with Crippen LogP contribution in [-0.2, 0) is 11.8 Å². The second-order valence-electron chi connectivity index (χ2n) is 5.68. The van der Waals surface area contributed by atoms with Crippen LogP contribution in [-0.4, -0.2) is 33.9 Å². The van der Waals surface area contributed by atoms with Crippen LogP contribution in [0.5, 0.6) is 0 Å². The molecule has 7 heteroatoms. The van der Waals surface area contributed by atoms with Crippen molar-refractivity contribution in [1.82, 2.24) is 20.1 Å². The first-order valence-electron chi connectivity index (χ1n) is 7.38. The number of thiazole rings is 1. The van der Waals surface area contributed by atoms with Gasteiger partial charge in [0.1, 0.15) is 5.01 Å². The van der Waals surface area contributed by atoms with Gasteiger partial charge in [0.05, 0.1) is 23.9 Å². The molecule has 3 heterocycles. The number of nitrogens with one attached hydrogen (secondary N) is 1. The number of aryl methyl sites for hydroxylation is 2. The molecule has 2 atom stereocenters. The van der Waals surface area contributed by atoms with Gasteiger partial charge in [0, 0.05) is 36.8 Å². The summed E-state index contributed by atoms with van der Waals surface area (Å²) < 4.78 is 7.11. The molecular formula is C15H20N4O2S. The molecule has 1 fully saturated rings. The van der Waals surface area contributed by atoms with E-state index in [0.717, 1.165) is 29.4 Å². The van der Waals surface area contributed by atoms with Crippen LogP contribution in [0.3, 0.4) is 0 Å². The van der Waals surface area contributed by atoms with Crippen molar-refractivity contribution in [2.24, 2.45) is 7.05 Å². The molecule has 1 aliphatic rings. The van der Waals surface area contributed by atoms with Crippen molar-refractivity contribution in [2.75, 3.05) is 13.2 Å². The Bertz CT molecular complexity index is 673. The highest BCUT2D eigenvalue weighted by Crippen LogP contribution is 2.27. The average molecular weight is 320 g/mol. The fourth-order valence-electron chi connectivity index (χ4n) is 2.64. The summed E-state index contributed by atoms with van der Waals surface area (Å²) in [5.41, 5.74) is 2.45. The summed E-state index contributed by atoms with van der Waals surface area (Å²) in [4.78, 5) is 17.0. The zero-order chi connectivity index (χ0) is 15.7. The lowest BCUT2D eigenvalue weighted by Crippen LogP contribution is -2.27. The van der Waals surface area contributed by atoms with E-state index in [0.29, 0.717) is 12.2 Å². The van der Waals surface area contributed by atoms with E-state index in [4.69, 9.17) is 4.74 Å². The minimum Gasteiger partial charge on any atom is -0.381 e. The molecule has 0 aromatic carbocycles. The van der Waals surface area contributed by atoms with Crippen LogP contribution in [0.25, 0.3) is 0 Å². The number of carbonyl (C=O) groups excluding carboxylic acids is 1. The molecule has 1 aliphatic heterocycles. The van der Waals surface area contributed by atoms with Crippen molar-refractivity contribution in [2.45, 2.75) is 32.2 Å². The minimum absolute atomic E-state index is 0.102. The van der Waals surface area contributed by atoms with Crippen molar-refractivity contribution in [3.8, 4) is 0 Å². The highest BCUT2D eigenvalue weighted by molar-refractivity contribution is 7.09. The van der Waals surface area contributed by atoms with Gasteiger partial charge in [-0.15, -0.1) is 11.3 Å². The highest BCUT2D eigenvalue weighted by Gasteiger charge is 2.27. The Balaban J connectivity index is 1.77. The number of hydrogen-bond donors (Lipinski definition) is 1. The first kappa shape index (κ1) is 15.2. The predicted molar refractivity (Wildman–Crippen MR) is 84.1 cm³/mol. The molecule has 0 saturated carbocycles. The molecule has 1 amide bonds. The largest absolute Gasteiger partial charge is 0.381 e. The van der Waals surface area contributed by atoms with E-state index in [1.165, 1.54) is 0 Å². The topological polar surface area (TPSA) is 69.0 Å². The lowest BCUT2D eigenvalue weighted by atomic mass is 10.0. The zero-order valence-electron chi connectivity index (χ0n) is 13.0. The molecular weight excluding hydrogens is 300 g/mol. The van der Waals surface area contributed by atoms with Crippen LogP contribution in [0.1, 0.15) is 52.1 Å². The second kappa shape index (κ2) is 6.18. The molecule has 1 saturated heterocycles. The number of rotatable bonds is 4. The monoisotopic (exact) mass is 320 g/mol. The van der Waals surface area contributed by atoms with Gasteiger partial charge in [-0.2, -0.15) is 5.10 Å². The molecule has 3 rings (SSSR count). The Hall–Kier alpha value is -1.73. The standard InChI is InChI=1S/C15H20N4O2S/c1-9-8-22-15(16-9)10(2)17-14(20)12-6-19(3)18-13(12)11-4-5-21-7-11/h6,8,10-11H,4-5,7H2,1-3H3,(H,17,20). The third kappa shape index (κ3) is 3.05. The van der Waals surface area contributed by atoms with E-state index in [1.54, 1.807) is 22.2 Å². The van der Waals surface area contributed by atoms with Crippen LogP contribution >= 0.6 is 11.3 Å². The van der Waals surface area contributed by atoms with E-state index in [1.807, 2.05) is 26.3 Å². The Morgan fingerprint density at radius 2 is 2.41 bits per heavy atom.